The van der Waals surface area contributed by atoms with Crippen LogP contribution in [0.2, 0.25) is 0 Å². The molecule has 2 rings (SSSR count). The van der Waals surface area contributed by atoms with Crippen molar-refractivity contribution in [2.45, 2.75) is 40.3 Å². The topological polar surface area (TPSA) is 6.48 Å². The molecule has 5 heteroatoms. The zero-order valence-electron chi connectivity index (χ0n) is 16.1. The molecule has 0 bridgehead atoms. The summed E-state index contributed by atoms with van der Waals surface area (Å²) < 4.78 is 39.9. The summed E-state index contributed by atoms with van der Waals surface area (Å²) in [5.41, 5.74) is 3.75. The minimum atomic E-state index is -4.21. The highest BCUT2D eigenvalue weighted by molar-refractivity contribution is 5.59. The van der Waals surface area contributed by atoms with Crippen molar-refractivity contribution in [2.24, 2.45) is 5.92 Å². The first-order valence-corrected chi connectivity index (χ1v) is 9.28. The van der Waals surface area contributed by atoms with E-state index in [4.69, 9.17) is 0 Å². The van der Waals surface area contributed by atoms with E-state index in [1.165, 1.54) is 6.08 Å². The molecule has 0 aliphatic heterocycles. The van der Waals surface area contributed by atoms with Crippen LogP contribution in [0.4, 0.5) is 18.9 Å². The number of allylic oxidation sites excluding steroid dienone is 4. The Morgan fingerprint density at radius 3 is 2.27 bits per heavy atom. The number of aryl methyl sites for hydroxylation is 1. The van der Waals surface area contributed by atoms with Crippen molar-refractivity contribution in [3.05, 3.63) is 53.3 Å². The molecule has 1 atom stereocenters. The van der Waals surface area contributed by atoms with Gasteiger partial charge < -0.3 is 9.80 Å². The molecule has 1 aromatic carbocycles. The fraction of sp³-hybridized carbons (Fsp3) is 0.524. The van der Waals surface area contributed by atoms with Crippen LogP contribution in [0.1, 0.15) is 32.8 Å². The fourth-order valence-corrected chi connectivity index (χ4v) is 3.39. The van der Waals surface area contributed by atoms with Gasteiger partial charge in [0.15, 0.2) is 0 Å². The van der Waals surface area contributed by atoms with E-state index in [0.29, 0.717) is 6.54 Å². The summed E-state index contributed by atoms with van der Waals surface area (Å²) in [7, 11) is 0. The SMILES string of the molecule is CCN(CC)CCN(C1=C(C)C=CC(C(F)(F)F)C1)c1ccccc1C. The van der Waals surface area contributed by atoms with Crippen molar-refractivity contribution in [3.63, 3.8) is 0 Å². The molecular formula is C21H29F3N2. The van der Waals surface area contributed by atoms with Crippen LogP contribution in [0, 0.1) is 12.8 Å². The molecular weight excluding hydrogens is 337 g/mol. The maximum atomic E-state index is 13.3. The highest BCUT2D eigenvalue weighted by Gasteiger charge is 2.40. The molecule has 2 nitrogen and oxygen atoms in total. The quantitative estimate of drug-likeness (QED) is 0.624. The first-order valence-electron chi connectivity index (χ1n) is 9.28. The maximum Gasteiger partial charge on any atom is 0.395 e. The smallest absolute Gasteiger partial charge is 0.343 e. The fourth-order valence-electron chi connectivity index (χ4n) is 3.39. The molecule has 1 aromatic rings. The van der Waals surface area contributed by atoms with Gasteiger partial charge in [0.1, 0.15) is 0 Å². The van der Waals surface area contributed by atoms with E-state index in [9.17, 15) is 13.2 Å². The lowest BCUT2D eigenvalue weighted by Gasteiger charge is -2.35. The van der Waals surface area contributed by atoms with Gasteiger partial charge >= 0.3 is 6.18 Å². The standard InChI is InChI=1S/C21H29F3N2/c1-5-25(6-2)13-14-26(19-10-8-7-9-16(19)3)20-15-18(21(22,23)24)12-11-17(20)4/h7-12,18H,5-6,13-15H2,1-4H3. The van der Waals surface area contributed by atoms with Gasteiger partial charge in [0, 0.05) is 30.9 Å². The third-order valence-electron chi connectivity index (χ3n) is 5.13. The number of likely N-dealkylation sites (N-methyl/N-ethyl adjacent to an activating group) is 1. The van der Waals surface area contributed by atoms with Crippen LogP contribution in [-0.4, -0.2) is 37.3 Å². The number of nitrogens with zero attached hydrogens (tertiary/aromatic N) is 2. The number of halogens is 3. The largest absolute Gasteiger partial charge is 0.395 e. The molecule has 144 valence electrons. The molecule has 26 heavy (non-hydrogen) atoms. The van der Waals surface area contributed by atoms with Crippen molar-refractivity contribution in [1.82, 2.24) is 4.90 Å². The summed E-state index contributed by atoms with van der Waals surface area (Å²) in [5.74, 6) is -1.42. The van der Waals surface area contributed by atoms with Gasteiger partial charge in [-0.05, 0) is 44.1 Å². The number of para-hydroxylation sites is 1. The highest BCUT2D eigenvalue weighted by Crippen LogP contribution is 2.39. The van der Waals surface area contributed by atoms with E-state index in [0.717, 1.165) is 42.2 Å². The van der Waals surface area contributed by atoms with E-state index in [-0.39, 0.29) is 6.42 Å². The Morgan fingerprint density at radius 1 is 1.04 bits per heavy atom. The summed E-state index contributed by atoms with van der Waals surface area (Å²) in [6.07, 6.45) is -1.30. The van der Waals surface area contributed by atoms with Crippen LogP contribution in [0.3, 0.4) is 0 Å². The monoisotopic (exact) mass is 366 g/mol. The minimum absolute atomic E-state index is 0.00157. The number of anilines is 1. The van der Waals surface area contributed by atoms with Gasteiger partial charge in [-0.1, -0.05) is 44.2 Å². The molecule has 0 spiro atoms. The van der Waals surface area contributed by atoms with Gasteiger partial charge in [-0.25, -0.2) is 0 Å². The molecule has 0 amide bonds. The van der Waals surface area contributed by atoms with Crippen LogP contribution < -0.4 is 4.90 Å². The van der Waals surface area contributed by atoms with E-state index in [1.54, 1.807) is 6.08 Å². The molecule has 0 saturated carbocycles. The molecule has 0 radical (unpaired) electrons. The second kappa shape index (κ2) is 8.76. The Labute approximate surface area is 155 Å². The number of benzene rings is 1. The maximum absolute atomic E-state index is 13.3. The lowest BCUT2D eigenvalue weighted by Crippen LogP contribution is -2.37. The first-order chi connectivity index (χ1) is 12.3. The average Bonchev–Trinajstić information content (AvgIpc) is 2.60. The highest BCUT2D eigenvalue weighted by atomic mass is 19.4. The number of hydrogen-bond acceptors (Lipinski definition) is 2. The Bertz CT molecular complexity index is 657. The third-order valence-corrected chi connectivity index (χ3v) is 5.13. The molecule has 1 aliphatic carbocycles. The zero-order chi connectivity index (χ0) is 19.3. The average molecular weight is 366 g/mol. The van der Waals surface area contributed by atoms with Crippen LogP contribution in [0.5, 0.6) is 0 Å². The number of rotatable bonds is 7. The lowest BCUT2D eigenvalue weighted by molar-refractivity contribution is -0.161. The zero-order valence-corrected chi connectivity index (χ0v) is 16.1. The van der Waals surface area contributed by atoms with Crippen LogP contribution >= 0.6 is 0 Å². The first kappa shape index (κ1) is 20.6. The van der Waals surface area contributed by atoms with Gasteiger partial charge in [-0.2, -0.15) is 13.2 Å². The van der Waals surface area contributed by atoms with E-state index < -0.39 is 12.1 Å². The number of hydrogen-bond donors (Lipinski definition) is 0. The normalized spacial score (nSPS) is 17.9. The van der Waals surface area contributed by atoms with Crippen LogP contribution in [0.25, 0.3) is 0 Å². The summed E-state index contributed by atoms with van der Waals surface area (Å²) in [6, 6.07) is 7.92. The lowest BCUT2D eigenvalue weighted by atomic mass is 9.92. The van der Waals surface area contributed by atoms with Crippen molar-refractivity contribution in [1.29, 1.82) is 0 Å². The van der Waals surface area contributed by atoms with Gasteiger partial charge in [0.05, 0.1) is 5.92 Å². The predicted octanol–water partition coefficient (Wildman–Crippen LogP) is 5.56. The third kappa shape index (κ3) is 4.91. The summed E-state index contributed by atoms with van der Waals surface area (Å²) in [5, 5.41) is 0. The van der Waals surface area contributed by atoms with Gasteiger partial charge in [-0.15, -0.1) is 0 Å². The molecule has 0 N–H and O–H groups in total. The molecule has 0 heterocycles. The van der Waals surface area contributed by atoms with E-state index in [1.807, 2.05) is 38.1 Å². The van der Waals surface area contributed by atoms with E-state index >= 15 is 0 Å². The Kier molecular flexibility index (Phi) is 6.93. The van der Waals surface area contributed by atoms with Crippen LogP contribution in [-0.2, 0) is 0 Å². The second-order valence-electron chi connectivity index (χ2n) is 6.81. The molecule has 1 aliphatic rings. The van der Waals surface area contributed by atoms with Gasteiger partial charge in [0.25, 0.3) is 0 Å². The molecule has 0 saturated heterocycles. The van der Waals surface area contributed by atoms with E-state index in [2.05, 4.69) is 23.6 Å². The Balaban J connectivity index is 2.37. The molecule has 0 aromatic heterocycles. The van der Waals surface area contributed by atoms with Gasteiger partial charge in [0.2, 0.25) is 0 Å². The molecule has 1 unspecified atom stereocenters. The number of alkyl halides is 3. The summed E-state index contributed by atoms with van der Waals surface area (Å²) >= 11 is 0. The van der Waals surface area contributed by atoms with Crippen molar-refractivity contribution >= 4 is 5.69 Å². The second-order valence-corrected chi connectivity index (χ2v) is 6.81. The van der Waals surface area contributed by atoms with Crippen molar-refractivity contribution in [3.8, 4) is 0 Å². The Morgan fingerprint density at radius 2 is 1.69 bits per heavy atom. The summed E-state index contributed by atoms with van der Waals surface area (Å²) in [4.78, 5) is 4.38. The van der Waals surface area contributed by atoms with Crippen LogP contribution in [0.15, 0.2) is 47.7 Å². The van der Waals surface area contributed by atoms with Crippen molar-refractivity contribution < 1.29 is 13.2 Å². The molecule has 0 fully saturated rings. The summed E-state index contributed by atoms with van der Waals surface area (Å²) in [6.45, 7) is 11.5. The minimum Gasteiger partial charge on any atom is -0.343 e. The Hall–Kier alpha value is -1.75. The van der Waals surface area contributed by atoms with Gasteiger partial charge in [-0.3, -0.25) is 0 Å². The van der Waals surface area contributed by atoms with Crippen molar-refractivity contribution in [2.75, 3.05) is 31.1 Å². The predicted molar refractivity (Wildman–Crippen MR) is 102 cm³/mol.